The van der Waals surface area contributed by atoms with E-state index in [1.165, 1.54) is 3.93 Å². The Morgan fingerprint density at radius 3 is 1.23 bits per heavy atom. The summed E-state index contributed by atoms with van der Waals surface area (Å²) in [5.41, 5.74) is -1.76. The lowest BCUT2D eigenvalue weighted by atomic mass is 10.1. The molecule has 2 aliphatic rings. The molecule has 0 aromatic heterocycles. The molecule has 124 valence electrons. The maximum atomic E-state index is 11.2. The third-order valence-electron chi connectivity index (χ3n) is 3.06. The number of rotatable bonds is 0. The van der Waals surface area contributed by atoms with Crippen molar-refractivity contribution in [2.75, 3.05) is 0 Å². The Kier molecular flexibility index (Phi) is 5.58. The average Bonchev–Trinajstić information content (AvgIpc) is 2.67. The van der Waals surface area contributed by atoms with E-state index in [2.05, 4.69) is 48.4 Å². The van der Waals surface area contributed by atoms with Gasteiger partial charge in [-0.3, -0.25) is 9.59 Å². The molecule has 0 radical (unpaired) electrons. The van der Waals surface area contributed by atoms with Crippen LogP contribution in [-0.2, 0) is 9.59 Å². The van der Waals surface area contributed by atoms with E-state index in [4.69, 9.17) is 11.8 Å². The quantitative estimate of drug-likeness (QED) is 0.358. The van der Waals surface area contributed by atoms with E-state index in [-0.39, 0.29) is 11.8 Å². The van der Waals surface area contributed by atoms with Crippen LogP contribution in [0.25, 0.3) is 0 Å². The third kappa shape index (κ3) is 3.00. The van der Waals surface area contributed by atoms with Crippen LogP contribution in [0.2, 0.25) is 0 Å². The molecule has 0 aromatic rings. The monoisotopic (exact) mass is 524 g/mol. The minimum Gasteiger partial charge on any atom is -0.271 e. The SMILES string of the molecule is CC1(C)C(=O)N(Br)C(=O)N1Br.CC1(C)C(=O)N(Br)C(=O)N1Cl. The summed E-state index contributed by atoms with van der Waals surface area (Å²) in [5.74, 6) is -0.642. The normalized spacial score (nSPS) is 23.3. The summed E-state index contributed by atoms with van der Waals surface area (Å²) in [6, 6.07) is -0.957. The number of halogens is 4. The van der Waals surface area contributed by atoms with Gasteiger partial charge in [-0.1, -0.05) is 0 Å². The van der Waals surface area contributed by atoms with E-state index in [1.807, 2.05) is 0 Å². The van der Waals surface area contributed by atoms with Crippen LogP contribution in [0.4, 0.5) is 9.59 Å². The molecule has 0 atom stereocenters. The zero-order valence-electron chi connectivity index (χ0n) is 11.9. The van der Waals surface area contributed by atoms with Crippen LogP contribution in [0.1, 0.15) is 27.7 Å². The summed E-state index contributed by atoms with van der Waals surface area (Å²) in [4.78, 5) is 44.5. The van der Waals surface area contributed by atoms with Crippen LogP contribution >= 0.6 is 60.2 Å². The van der Waals surface area contributed by atoms with Crippen molar-refractivity contribution in [2.24, 2.45) is 0 Å². The van der Waals surface area contributed by atoms with Crippen LogP contribution < -0.4 is 0 Å². The second kappa shape index (κ2) is 6.25. The van der Waals surface area contributed by atoms with Crippen LogP contribution in [-0.4, -0.2) is 51.2 Å². The molecule has 0 bridgehead atoms. The number of hydrogen-bond donors (Lipinski definition) is 0. The molecule has 6 amide bonds. The van der Waals surface area contributed by atoms with Crippen molar-refractivity contribution >= 4 is 84.1 Å². The standard InChI is InChI=1S/C5H6Br2N2O2.C5H6BrClN2O2/c2*1-5(2)3(10)8(6)4(11)9(5)7/h2*1-2H3. The highest BCUT2D eigenvalue weighted by atomic mass is 79.9. The summed E-state index contributed by atoms with van der Waals surface area (Å²) < 4.78 is 3.79. The van der Waals surface area contributed by atoms with Crippen molar-refractivity contribution in [1.29, 1.82) is 0 Å². The van der Waals surface area contributed by atoms with Crippen LogP contribution in [0.5, 0.6) is 0 Å². The van der Waals surface area contributed by atoms with Gasteiger partial charge in [0.25, 0.3) is 11.8 Å². The maximum Gasteiger partial charge on any atom is 0.352 e. The van der Waals surface area contributed by atoms with Gasteiger partial charge >= 0.3 is 12.1 Å². The molecule has 12 heteroatoms. The second-order valence-corrected chi connectivity index (χ2v) is 7.88. The predicted octanol–water partition coefficient (Wildman–Crippen LogP) is 3.14. The first-order chi connectivity index (χ1) is 9.77. The van der Waals surface area contributed by atoms with Crippen molar-refractivity contribution in [3.05, 3.63) is 0 Å². The topological polar surface area (TPSA) is 81.2 Å². The number of hydrogen-bond acceptors (Lipinski definition) is 4. The fourth-order valence-corrected chi connectivity index (χ4v) is 3.40. The predicted molar refractivity (Wildman–Crippen MR) is 89.0 cm³/mol. The number of imide groups is 2. The van der Waals surface area contributed by atoms with Gasteiger partial charge in [-0.05, 0) is 27.7 Å². The molecule has 0 aromatic carbocycles. The van der Waals surface area contributed by atoms with Gasteiger partial charge in [-0.15, -0.1) is 0 Å². The Morgan fingerprint density at radius 2 is 1.14 bits per heavy atom. The van der Waals surface area contributed by atoms with E-state index in [0.717, 1.165) is 12.3 Å². The highest BCUT2D eigenvalue weighted by Crippen LogP contribution is 2.32. The Morgan fingerprint density at radius 1 is 0.773 bits per heavy atom. The molecule has 2 heterocycles. The first-order valence-electron chi connectivity index (χ1n) is 5.78. The van der Waals surface area contributed by atoms with Crippen molar-refractivity contribution in [2.45, 2.75) is 38.8 Å². The van der Waals surface area contributed by atoms with Gasteiger partial charge in [0.1, 0.15) is 11.1 Å². The van der Waals surface area contributed by atoms with Gasteiger partial charge in [0.15, 0.2) is 0 Å². The zero-order chi connectivity index (χ0) is 17.6. The molecule has 0 spiro atoms. The largest absolute Gasteiger partial charge is 0.352 e. The van der Waals surface area contributed by atoms with Crippen LogP contribution in [0.15, 0.2) is 0 Å². The first-order valence-corrected chi connectivity index (χ1v) is 8.25. The van der Waals surface area contributed by atoms with Crippen molar-refractivity contribution in [3.63, 3.8) is 0 Å². The van der Waals surface area contributed by atoms with Gasteiger partial charge in [0, 0.05) is 11.8 Å². The Hall–Kier alpha value is -0.390. The summed E-state index contributed by atoms with van der Waals surface area (Å²) in [7, 11) is 0. The van der Waals surface area contributed by atoms with Crippen LogP contribution in [0, 0.1) is 0 Å². The van der Waals surface area contributed by atoms with Gasteiger partial charge in [0.2, 0.25) is 0 Å². The van der Waals surface area contributed by atoms with Crippen LogP contribution in [0.3, 0.4) is 0 Å². The van der Waals surface area contributed by atoms with E-state index >= 15 is 0 Å². The molecular formula is C10H12Br3ClN4O4. The van der Waals surface area contributed by atoms with E-state index in [1.54, 1.807) is 27.7 Å². The lowest BCUT2D eigenvalue weighted by Gasteiger charge is -2.19. The highest BCUT2D eigenvalue weighted by molar-refractivity contribution is 9.08. The first kappa shape index (κ1) is 19.7. The van der Waals surface area contributed by atoms with Gasteiger partial charge in [0.05, 0.1) is 48.4 Å². The van der Waals surface area contributed by atoms with Crippen molar-refractivity contribution in [1.82, 2.24) is 16.2 Å². The molecule has 8 nitrogen and oxygen atoms in total. The van der Waals surface area contributed by atoms with Gasteiger partial charge in [-0.25, -0.2) is 17.9 Å². The molecule has 2 saturated heterocycles. The van der Waals surface area contributed by atoms with E-state index in [0.29, 0.717) is 0 Å². The third-order valence-corrected chi connectivity index (χ3v) is 6.06. The van der Waals surface area contributed by atoms with Gasteiger partial charge in [-0.2, -0.15) is 7.85 Å². The lowest BCUT2D eigenvalue weighted by Crippen LogP contribution is -2.38. The fourth-order valence-electron chi connectivity index (χ4n) is 1.45. The smallest absolute Gasteiger partial charge is 0.271 e. The summed E-state index contributed by atoms with van der Waals surface area (Å²) in [5, 5.41) is 0. The molecular weight excluding hydrogens is 515 g/mol. The maximum absolute atomic E-state index is 11.2. The molecule has 2 fully saturated rings. The second-order valence-electron chi connectivity index (χ2n) is 5.42. The highest BCUT2D eigenvalue weighted by Gasteiger charge is 2.51. The average molecular weight is 527 g/mol. The molecule has 2 aliphatic heterocycles. The molecule has 22 heavy (non-hydrogen) atoms. The summed E-state index contributed by atoms with van der Waals surface area (Å²) in [6.07, 6.45) is 0. The number of urea groups is 2. The molecule has 0 unspecified atom stereocenters. The Bertz CT molecular complexity index is 508. The lowest BCUT2D eigenvalue weighted by molar-refractivity contribution is -0.128. The zero-order valence-corrected chi connectivity index (χ0v) is 17.4. The molecule has 0 N–H and O–H groups in total. The minimum atomic E-state index is -0.956. The molecule has 2 rings (SSSR count). The number of amides is 6. The number of carbonyl (C=O) groups is 4. The Labute approximate surface area is 157 Å². The van der Waals surface area contributed by atoms with Crippen molar-refractivity contribution < 1.29 is 19.2 Å². The van der Waals surface area contributed by atoms with E-state index < -0.39 is 23.1 Å². The Balaban J connectivity index is 0.000000220. The fraction of sp³-hybridized carbons (Fsp3) is 0.600. The van der Waals surface area contributed by atoms with E-state index in [9.17, 15) is 19.2 Å². The molecule has 0 saturated carbocycles. The van der Waals surface area contributed by atoms with Crippen molar-refractivity contribution in [3.8, 4) is 0 Å². The van der Waals surface area contributed by atoms with Gasteiger partial charge < -0.3 is 0 Å². The minimum absolute atomic E-state index is 0.278. The molecule has 0 aliphatic carbocycles. The number of nitrogens with zero attached hydrogens (tertiary/aromatic N) is 4. The summed E-state index contributed by atoms with van der Waals surface area (Å²) in [6.45, 7) is 6.45. The summed E-state index contributed by atoms with van der Waals surface area (Å²) >= 11 is 14.2. The number of carbonyl (C=O) groups excluding carboxylic acids is 4.